The summed E-state index contributed by atoms with van der Waals surface area (Å²) < 4.78 is 13.6. The van der Waals surface area contributed by atoms with E-state index in [1.54, 1.807) is 17.0 Å². The second kappa shape index (κ2) is 4.86. The van der Waals surface area contributed by atoms with Gasteiger partial charge in [0, 0.05) is 13.1 Å². The number of hydrogen-bond donors (Lipinski definition) is 0. The van der Waals surface area contributed by atoms with E-state index in [-0.39, 0.29) is 11.5 Å². The third-order valence-corrected chi connectivity index (χ3v) is 3.50. The molecule has 2 nitrogen and oxygen atoms in total. The second-order valence-corrected chi connectivity index (χ2v) is 4.80. The number of carbonyl (C=O) groups excluding carboxylic acids is 1. The van der Waals surface area contributed by atoms with Crippen molar-refractivity contribution in [3.8, 4) is 0 Å². The minimum absolute atomic E-state index is 0.165. The van der Waals surface area contributed by atoms with Gasteiger partial charge >= 0.3 is 0 Å². The van der Waals surface area contributed by atoms with Crippen LogP contribution in [0.15, 0.2) is 18.2 Å². The molecule has 0 bridgehead atoms. The number of likely N-dealkylation sites (tertiary alicyclic amines) is 1. The third-order valence-electron chi connectivity index (χ3n) is 3.50. The van der Waals surface area contributed by atoms with Crippen molar-refractivity contribution in [2.24, 2.45) is 5.92 Å². The Kier molecular flexibility index (Phi) is 3.46. The van der Waals surface area contributed by atoms with E-state index in [0.717, 1.165) is 31.5 Å². The Labute approximate surface area is 101 Å². The van der Waals surface area contributed by atoms with E-state index in [9.17, 15) is 9.18 Å². The van der Waals surface area contributed by atoms with E-state index in [0.29, 0.717) is 5.92 Å². The van der Waals surface area contributed by atoms with Crippen LogP contribution in [0, 0.1) is 18.7 Å². The van der Waals surface area contributed by atoms with Crippen molar-refractivity contribution in [2.45, 2.75) is 26.7 Å². The van der Waals surface area contributed by atoms with Gasteiger partial charge in [0.05, 0.1) is 5.56 Å². The van der Waals surface area contributed by atoms with Gasteiger partial charge in [-0.15, -0.1) is 0 Å². The van der Waals surface area contributed by atoms with Crippen molar-refractivity contribution in [1.82, 2.24) is 4.90 Å². The van der Waals surface area contributed by atoms with Gasteiger partial charge in [-0.1, -0.05) is 25.0 Å². The van der Waals surface area contributed by atoms with Crippen LogP contribution in [-0.4, -0.2) is 23.9 Å². The number of amides is 1. The van der Waals surface area contributed by atoms with Crippen LogP contribution in [0.1, 0.15) is 35.7 Å². The molecule has 2 rings (SSSR count). The Morgan fingerprint density at radius 3 is 2.94 bits per heavy atom. The summed E-state index contributed by atoms with van der Waals surface area (Å²) in [4.78, 5) is 13.9. The number of hydrogen-bond acceptors (Lipinski definition) is 1. The fourth-order valence-corrected chi connectivity index (χ4v) is 2.32. The molecule has 1 fully saturated rings. The predicted molar refractivity (Wildman–Crippen MR) is 65.4 cm³/mol. The minimum atomic E-state index is -0.416. The van der Waals surface area contributed by atoms with E-state index in [1.165, 1.54) is 6.07 Å². The van der Waals surface area contributed by atoms with Gasteiger partial charge in [-0.05, 0) is 31.4 Å². The number of nitrogens with zero attached hydrogens (tertiary/aromatic N) is 1. The average Bonchev–Trinajstić information content (AvgIpc) is 2.80. The lowest BCUT2D eigenvalue weighted by atomic mass is 10.1. The van der Waals surface area contributed by atoms with Crippen LogP contribution < -0.4 is 0 Å². The summed E-state index contributed by atoms with van der Waals surface area (Å²) >= 11 is 0. The zero-order valence-electron chi connectivity index (χ0n) is 10.4. The highest BCUT2D eigenvalue weighted by Gasteiger charge is 2.27. The van der Waals surface area contributed by atoms with Crippen molar-refractivity contribution in [2.75, 3.05) is 13.1 Å². The first-order chi connectivity index (χ1) is 8.11. The van der Waals surface area contributed by atoms with Crippen molar-refractivity contribution in [3.05, 3.63) is 35.1 Å². The molecule has 1 atom stereocenters. The minimum Gasteiger partial charge on any atom is -0.338 e. The van der Waals surface area contributed by atoms with Gasteiger partial charge in [-0.25, -0.2) is 4.39 Å². The maximum Gasteiger partial charge on any atom is 0.256 e. The molecule has 1 aromatic rings. The fraction of sp³-hybridized carbons (Fsp3) is 0.500. The molecule has 1 aliphatic heterocycles. The third kappa shape index (κ3) is 2.48. The van der Waals surface area contributed by atoms with E-state index >= 15 is 0 Å². The summed E-state index contributed by atoms with van der Waals surface area (Å²) in [6.45, 7) is 5.52. The molecule has 17 heavy (non-hydrogen) atoms. The Morgan fingerprint density at radius 1 is 1.53 bits per heavy atom. The number of halogens is 1. The van der Waals surface area contributed by atoms with Crippen LogP contribution in [0.4, 0.5) is 4.39 Å². The lowest BCUT2D eigenvalue weighted by Gasteiger charge is -2.17. The quantitative estimate of drug-likeness (QED) is 0.771. The molecule has 1 aliphatic rings. The van der Waals surface area contributed by atoms with Crippen molar-refractivity contribution < 1.29 is 9.18 Å². The van der Waals surface area contributed by atoms with E-state index in [2.05, 4.69) is 6.92 Å². The lowest BCUT2D eigenvalue weighted by molar-refractivity contribution is 0.0782. The molecular formula is C14H18FNO. The van der Waals surface area contributed by atoms with Gasteiger partial charge in [0.2, 0.25) is 0 Å². The molecule has 0 aromatic heterocycles. The van der Waals surface area contributed by atoms with Gasteiger partial charge in [0.1, 0.15) is 5.82 Å². The van der Waals surface area contributed by atoms with Crippen LogP contribution in [0.3, 0.4) is 0 Å². The summed E-state index contributed by atoms with van der Waals surface area (Å²) in [5.74, 6) is -0.00508. The zero-order valence-corrected chi connectivity index (χ0v) is 10.4. The molecule has 1 heterocycles. The monoisotopic (exact) mass is 235 g/mol. The highest BCUT2D eigenvalue weighted by Crippen LogP contribution is 2.22. The molecule has 0 aliphatic carbocycles. The van der Waals surface area contributed by atoms with Crippen molar-refractivity contribution in [1.29, 1.82) is 0 Å². The first-order valence-corrected chi connectivity index (χ1v) is 6.17. The predicted octanol–water partition coefficient (Wildman–Crippen LogP) is 3.01. The summed E-state index contributed by atoms with van der Waals surface area (Å²) in [5, 5.41) is 0. The van der Waals surface area contributed by atoms with Crippen LogP contribution in [0.5, 0.6) is 0 Å². The summed E-state index contributed by atoms with van der Waals surface area (Å²) in [7, 11) is 0. The molecule has 0 saturated carbocycles. The smallest absolute Gasteiger partial charge is 0.256 e. The van der Waals surface area contributed by atoms with Crippen LogP contribution in [-0.2, 0) is 0 Å². The van der Waals surface area contributed by atoms with Gasteiger partial charge in [0.15, 0.2) is 0 Å². The number of aryl methyl sites for hydroxylation is 1. The topological polar surface area (TPSA) is 20.3 Å². The largest absolute Gasteiger partial charge is 0.338 e. The molecule has 1 aromatic carbocycles. The summed E-state index contributed by atoms with van der Waals surface area (Å²) in [6, 6.07) is 4.69. The van der Waals surface area contributed by atoms with Crippen molar-refractivity contribution >= 4 is 5.91 Å². The SMILES string of the molecule is CCC1CCN(C(=O)c2cc(C)ccc2F)C1. The maximum atomic E-state index is 13.6. The van der Waals surface area contributed by atoms with E-state index in [4.69, 9.17) is 0 Å². The number of carbonyl (C=O) groups is 1. The van der Waals surface area contributed by atoms with Crippen LogP contribution in [0.25, 0.3) is 0 Å². The Hall–Kier alpha value is -1.38. The molecule has 1 saturated heterocycles. The lowest BCUT2D eigenvalue weighted by Crippen LogP contribution is -2.29. The second-order valence-electron chi connectivity index (χ2n) is 4.80. The van der Waals surface area contributed by atoms with E-state index < -0.39 is 5.82 Å². The standard InChI is InChI=1S/C14H18FNO/c1-3-11-6-7-16(9-11)14(17)12-8-10(2)4-5-13(12)15/h4-5,8,11H,3,6-7,9H2,1-2H3. The molecule has 0 radical (unpaired) electrons. The fourth-order valence-electron chi connectivity index (χ4n) is 2.32. The first kappa shape index (κ1) is 12.1. The molecule has 1 amide bonds. The van der Waals surface area contributed by atoms with Gasteiger partial charge in [0.25, 0.3) is 5.91 Å². The van der Waals surface area contributed by atoms with Crippen LogP contribution >= 0.6 is 0 Å². The van der Waals surface area contributed by atoms with E-state index in [1.807, 2.05) is 6.92 Å². The Morgan fingerprint density at radius 2 is 2.29 bits per heavy atom. The van der Waals surface area contributed by atoms with Crippen LogP contribution in [0.2, 0.25) is 0 Å². The zero-order chi connectivity index (χ0) is 12.4. The molecule has 92 valence electrons. The molecule has 3 heteroatoms. The summed E-state index contributed by atoms with van der Waals surface area (Å²) in [5.41, 5.74) is 1.13. The van der Waals surface area contributed by atoms with Crippen molar-refractivity contribution in [3.63, 3.8) is 0 Å². The van der Waals surface area contributed by atoms with Gasteiger partial charge in [-0.3, -0.25) is 4.79 Å². The highest BCUT2D eigenvalue weighted by molar-refractivity contribution is 5.94. The first-order valence-electron chi connectivity index (χ1n) is 6.17. The molecule has 0 N–H and O–H groups in total. The molecule has 0 spiro atoms. The van der Waals surface area contributed by atoms with Gasteiger partial charge < -0.3 is 4.90 Å². The highest BCUT2D eigenvalue weighted by atomic mass is 19.1. The molecular weight excluding hydrogens is 217 g/mol. The Bertz CT molecular complexity index is 430. The number of rotatable bonds is 2. The number of benzene rings is 1. The normalized spacial score (nSPS) is 19.7. The average molecular weight is 235 g/mol. The summed E-state index contributed by atoms with van der Waals surface area (Å²) in [6.07, 6.45) is 2.12. The Balaban J connectivity index is 2.17. The maximum absolute atomic E-state index is 13.6. The molecule has 1 unspecified atom stereocenters. The van der Waals surface area contributed by atoms with Gasteiger partial charge in [-0.2, -0.15) is 0 Å².